The SMILES string of the molecule is O=C(O)C1(NC2CC2)CCC(Sc2ccccc2Br)C1. The van der Waals surface area contributed by atoms with Gasteiger partial charge < -0.3 is 5.11 Å². The van der Waals surface area contributed by atoms with Crippen LogP contribution in [0.15, 0.2) is 33.6 Å². The molecule has 1 aromatic rings. The number of benzene rings is 1. The quantitative estimate of drug-likeness (QED) is 0.845. The highest BCUT2D eigenvalue weighted by Crippen LogP contribution is 2.43. The molecule has 0 bridgehead atoms. The molecule has 0 aromatic heterocycles. The maximum Gasteiger partial charge on any atom is 0.323 e. The van der Waals surface area contributed by atoms with E-state index in [-0.39, 0.29) is 0 Å². The molecule has 20 heavy (non-hydrogen) atoms. The van der Waals surface area contributed by atoms with E-state index in [0.717, 1.165) is 30.2 Å². The van der Waals surface area contributed by atoms with Gasteiger partial charge >= 0.3 is 5.97 Å². The van der Waals surface area contributed by atoms with Crippen molar-refractivity contribution in [2.75, 3.05) is 0 Å². The number of aliphatic carboxylic acids is 1. The molecule has 2 unspecified atom stereocenters. The molecule has 3 nitrogen and oxygen atoms in total. The zero-order valence-electron chi connectivity index (χ0n) is 11.1. The number of halogens is 1. The third-order valence-corrected chi connectivity index (χ3v) is 6.37. The molecule has 1 aromatic carbocycles. The van der Waals surface area contributed by atoms with Crippen LogP contribution in [0.25, 0.3) is 0 Å². The van der Waals surface area contributed by atoms with Crippen molar-refractivity contribution in [1.82, 2.24) is 5.32 Å². The molecule has 0 heterocycles. The number of hydrogen-bond acceptors (Lipinski definition) is 3. The molecule has 2 saturated carbocycles. The summed E-state index contributed by atoms with van der Waals surface area (Å²) in [4.78, 5) is 12.9. The van der Waals surface area contributed by atoms with Crippen LogP contribution in [-0.4, -0.2) is 27.9 Å². The Morgan fingerprint density at radius 1 is 1.35 bits per heavy atom. The van der Waals surface area contributed by atoms with Crippen molar-refractivity contribution >= 4 is 33.7 Å². The molecule has 108 valence electrons. The molecule has 2 atom stereocenters. The topological polar surface area (TPSA) is 49.3 Å². The van der Waals surface area contributed by atoms with Gasteiger partial charge in [0.05, 0.1) is 0 Å². The van der Waals surface area contributed by atoms with Crippen LogP contribution in [0, 0.1) is 0 Å². The molecule has 5 heteroatoms. The first-order valence-corrected chi connectivity index (χ1v) is 8.69. The number of nitrogens with one attached hydrogen (secondary N) is 1. The van der Waals surface area contributed by atoms with Crippen LogP contribution in [0.3, 0.4) is 0 Å². The van der Waals surface area contributed by atoms with Crippen LogP contribution in [0.1, 0.15) is 32.1 Å². The molecule has 0 radical (unpaired) electrons. The molecular formula is C15H18BrNO2S. The van der Waals surface area contributed by atoms with Gasteiger partial charge in [0.1, 0.15) is 5.54 Å². The monoisotopic (exact) mass is 355 g/mol. The van der Waals surface area contributed by atoms with Gasteiger partial charge in [-0.3, -0.25) is 10.1 Å². The van der Waals surface area contributed by atoms with Gasteiger partial charge in [0.15, 0.2) is 0 Å². The molecule has 0 spiro atoms. The third-order valence-electron chi connectivity index (χ3n) is 4.07. The molecule has 2 fully saturated rings. The highest BCUT2D eigenvalue weighted by atomic mass is 79.9. The molecule has 2 aliphatic carbocycles. The molecule has 0 aliphatic heterocycles. The van der Waals surface area contributed by atoms with E-state index in [2.05, 4.69) is 27.3 Å². The Hall–Kier alpha value is -0.520. The van der Waals surface area contributed by atoms with Gasteiger partial charge in [0.2, 0.25) is 0 Å². The number of carbonyl (C=O) groups is 1. The summed E-state index contributed by atoms with van der Waals surface area (Å²) in [6.45, 7) is 0. The van der Waals surface area contributed by atoms with E-state index >= 15 is 0 Å². The van der Waals surface area contributed by atoms with Crippen LogP contribution in [0.2, 0.25) is 0 Å². The van der Waals surface area contributed by atoms with Gasteiger partial charge in [-0.1, -0.05) is 12.1 Å². The third kappa shape index (κ3) is 3.05. The van der Waals surface area contributed by atoms with Crippen LogP contribution >= 0.6 is 27.7 Å². The highest BCUT2D eigenvalue weighted by Gasteiger charge is 2.48. The van der Waals surface area contributed by atoms with Crippen molar-refractivity contribution in [2.45, 2.75) is 53.8 Å². The highest BCUT2D eigenvalue weighted by molar-refractivity contribution is 9.10. The van der Waals surface area contributed by atoms with Gasteiger partial charge in [-0.05, 0) is 60.2 Å². The summed E-state index contributed by atoms with van der Waals surface area (Å²) < 4.78 is 1.09. The maximum atomic E-state index is 11.7. The first-order valence-electron chi connectivity index (χ1n) is 7.01. The Kier molecular flexibility index (Phi) is 4.11. The summed E-state index contributed by atoms with van der Waals surface area (Å²) in [6, 6.07) is 8.57. The molecular weight excluding hydrogens is 338 g/mol. The van der Waals surface area contributed by atoms with Gasteiger partial charge in [0.25, 0.3) is 0 Å². The average Bonchev–Trinajstić information content (AvgIpc) is 3.12. The average molecular weight is 356 g/mol. The lowest BCUT2D eigenvalue weighted by molar-refractivity contribution is -0.144. The van der Waals surface area contributed by atoms with Crippen LogP contribution in [-0.2, 0) is 4.79 Å². The minimum Gasteiger partial charge on any atom is -0.480 e. The van der Waals surface area contributed by atoms with Crippen molar-refractivity contribution in [2.24, 2.45) is 0 Å². The van der Waals surface area contributed by atoms with E-state index in [4.69, 9.17) is 0 Å². The second-order valence-electron chi connectivity index (χ2n) is 5.72. The number of carboxylic acid groups (broad SMARTS) is 1. The fourth-order valence-corrected chi connectivity index (χ4v) is 4.69. The number of hydrogen-bond donors (Lipinski definition) is 2. The fourth-order valence-electron chi connectivity index (χ4n) is 2.83. The second kappa shape index (κ2) is 5.70. The zero-order valence-corrected chi connectivity index (χ0v) is 13.5. The van der Waals surface area contributed by atoms with E-state index in [9.17, 15) is 9.90 Å². The summed E-state index contributed by atoms with van der Waals surface area (Å²) in [5.41, 5.74) is -0.694. The Morgan fingerprint density at radius 3 is 2.75 bits per heavy atom. The lowest BCUT2D eigenvalue weighted by Crippen LogP contribution is -2.51. The predicted molar refractivity (Wildman–Crippen MR) is 84.2 cm³/mol. The van der Waals surface area contributed by atoms with Crippen LogP contribution < -0.4 is 5.32 Å². The Labute approximate surface area is 131 Å². The van der Waals surface area contributed by atoms with Crippen molar-refractivity contribution in [3.63, 3.8) is 0 Å². The molecule has 2 N–H and O–H groups in total. The van der Waals surface area contributed by atoms with E-state index in [1.54, 1.807) is 11.8 Å². The van der Waals surface area contributed by atoms with Crippen molar-refractivity contribution in [1.29, 1.82) is 0 Å². The summed E-state index contributed by atoms with van der Waals surface area (Å²) in [6.07, 6.45) is 4.65. The number of thioether (sulfide) groups is 1. The Bertz CT molecular complexity index is 520. The first-order chi connectivity index (χ1) is 9.59. The largest absolute Gasteiger partial charge is 0.480 e. The molecule has 3 rings (SSSR count). The zero-order chi connectivity index (χ0) is 14.2. The standard InChI is InChI=1S/C15H18BrNO2S/c16-12-3-1-2-4-13(12)20-11-7-8-15(9-11,14(18)19)17-10-5-6-10/h1-4,10-11,17H,5-9H2,(H,18,19). The lowest BCUT2D eigenvalue weighted by atomic mass is 9.98. The predicted octanol–water partition coefficient (Wildman–Crippen LogP) is 3.67. The summed E-state index contributed by atoms with van der Waals surface area (Å²) in [5, 5.41) is 13.3. The van der Waals surface area contributed by atoms with Gasteiger partial charge in [0, 0.05) is 20.7 Å². The first kappa shape index (κ1) is 14.4. The Balaban J connectivity index is 1.68. The Morgan fingerprint density at radius 2 is 2.10 bits per heavy atom. The van der Waals surface area contributed by atoms with Crippen LogP contribution in [0.4, 0.5) is 0 Å². The number of carboxylic acids is 1. The van der Waals surface area contributed by atoms with Crippen molar-refractivity contribution in [3.05, 3.63) is 28.7 Å². The van der Waals surface area contributed by atoms with Crippen molar-refractivity contribution < 1.29 is 9.90 Å². The second-order valence-corrected chi connectivity index (χ2v) is 7.92. The summed E-state index contributed by atoms with van der Waals surface area (Å²) >= 11 is 5.35. The number of rotatable bonds is 5. The van der Waals surface area contributed by atoms with E-state index in [1.807, 2.05) is 18.2 Å². The van der Waals surface area contributed by atoms with Gasteiger partial charge in [-0.15, -0.1) is 11.8 Å². The van der Waals surface area contributed by atoms with E-state index in [1.165, 1.54) is 4.90 Å². The molecule has 2 aliphatic rings. The van der Waals surface area contributed by atoms with Crippen LogP contribution in [0.5, 0.6) is 0 Å². The minimum atomic E-state index is -0.694. The summed E-state index contributed by atoms with van der Waals surface area (Å²) in [7, 11) is 0. The maximum absolute atomic E-state index is 11.7. The fraction of sp³-hybridized carbons (Fsp3) is 0.533. The normalized spacial score (nSPS) is 29.6. The molecule has 0 amide bonds. The molecule has 0 saturated heterocycles. The summed E-state index contributed by atoms with van der Waals surface area (Å²) in [5.74, 6) is -0.681. The lowest BCUT2D eigenvalue weighted by Gasteiger charge is -2.26. The van der Waals surface area contributed by atoms with Gasteiger partial charge in [-0.25, -0.2) is 0 Å². The van der Waals surface area contributed by atoms with Crippen molar-refractivity contribution in [3.8, 4) is 0 Å². The van der Waals surface area contributed by atoms with Gasteiger partial charge in [-0.2, -0.15) is 0 Å². The van der Waals surface area contributed by atoms with E-state index in [0.29, 0.717) is 17.7 Å². The minimum absolute atomic E-state index is 0.371. The smallest absolute Gasteiger partial charge is 0.323 e. The van der Waals surface area contributed by atoms with E-state index < -0.39 is 11.5 Å².